The molecule has 2 aromatic carbocycles. The van der Waals surface area contributed by atoms with Crippen molar-refractivity contribution in [1.82, 2.24) is 5.32 Å². The fourth-order valence-electron chi connectivity index (χ4n) is 2.83. The molecule has 8 nitrogen and oxygen atoms in total. The van der Waals surface area contributed by atoms with E-state index in [4.69, 9.17) is 14.2 Å². The molecule has 2 aromatic rings. The van der Waals surface area contributed by atoms with Crippen LogP contribution >= 0.6 is 0 Å². The Morgan fingerprint density at radius 2 is 2.00 bits per heavy atom. The zero-order valence-corrected chi connectivity index (χ0v) is 14.1. The number of hydrogen-bond donors (Lipinski definition) is 2. The number of carbonyl (C=O) groups excluding carboxylic acids is 2. The summed E-state index contributed by atoms with van der Waals surface area (Å²) in [5.41, 5.74) is 0.683. The number of benzene rings is 2. The molecule has 0 spiro atoms. The summed E-state index contributed by atoms with van der Waals surface area (Å²) in [7, 11) is 0. The molecule has 3 amide bonds. The van der Waals surface area contributed by atoms with Crippen LogP contribution in [0.25, 0.3) is 0 Å². The Morgan fingerprint density at radius 3 is 2.85 bits per heavy atom. The minimum atomic E-state index is -0.585. The van der Waals surface area contributed by atoms with E-state index in [2.05, 4.69) is 10.6 Å². The van der Waals surface area contributed by atoms with Crippen LogP contribution in [0.2, 0.25) is 0 Å². The fraction of sp³-hybridized carbons (Fsp3) is 0.222. The van der Waals surface area contributed by atoms with Crippen molar-refractivity contribution in [2.45, 2.75) is 6.10 Å². The molecular weight excluding hydrogens is 357 g/mol. The number of amides is 3. The largest absolute Gasteiger partial charge is 0.454 e. The van der Waals surface area contributed by atoms with Gasteiger partial charge in [-0.25, -0.2) is 14.0 Å². The average molecular weight is 373 g/mol. The predicted molar refractivity (Wildman–Crippen MR) is 93.6 cm³/mol. The number of para-hydroxylation sites is 1. The van der Waals surface area contributed by atoms with Gasteiger partial charge >= 0.3 is 12.1 Å². The second-order valence-corrected chi connectivity index (χ2v) is 5.97. The Bertz CT molecular complexity index is 891. The molecule has 2 aliphatic rings. The number of hydrogen-bond acceptors (Lipinski definition) is 5. The van der Waals surface area contributed by atoms with Gasteiger partial charge in [-0.2, -0.15) is 0 Å². The first kappa shape index (κ1) is 17.0. The molecule has 0 radical (unpaired) electrons. The first-order valence-electron chi connectivity index (χ1n) is 8.27. The molecular formula is C18H16FN3O5. The number of halogens is 1. The van der Waals surface area contributed by atoms with Gasteiger partial charge in [0.1, 0.15) is 11.9 Å². The van der Waals surface area contributed by atoms with Crippen molar-refractivity contribution < 1.29 is 28.2 Å². The van der Waals surface area contributed by atoms with E-state index in [0.29, 0.717) is 17.2 Å². The average Bonchev–Trinajstić information content (AvgIpc) is 3.27. The lowest BCUT2D eigenvalue weighted by atomic mass is 10.2. The quantitative estimate of drug-likeness (QED) is 0.860. The number of anilines is 2. The number of nitrogens with one attached hydrogen (secondary N) is 2. The minimum absolute atomic E-state index is 0.0698. The van der Waals surface area contributed by atoms with Gasteiger partial charge in [-0.1, -0.05) is 12.1 Å². The van der Waals surface area contributed by atoms with Gasteiger partial charge in [-0.15, -0.1) is 0 Å². The van der Waals surface area contributed by atoms with Crippen LogP contribution in [0.4, 0.5) is 25.4 Å². The number of rotatable bonds is 4. The highest BCUT2D eigenvalue weighted by molar-refractivity contribution is 5.91. The molecule has 2 heterocycles. The summed E-state index contributed by atoms with van der Waals surface area (Å²) >= 11 is 0. The molecule has 9 heteroatoms. The van der Waals surface area contributed by atoms with E-state index in [9.17, 15) is 14.0 Å². The van der Waals surface area contributed by atoms with Crippen molar-refractivity contribution in [2.24, 2.45) is 0 Å². The summed E-state index contributed by atoms with van der Waals surface area (Å²) in [6, 6.07) is 10.4. The van der Waals surface area contributed by atoms with Crippen molar-refractivity contribution in [3.05, 3.63) is 48.3 Å². The van der Waals surface area contributed by atoms with Gasteiger partial charge in [-0.05, 0) is 24.3 Å². The lowest BCUT2D eigenvalue weighted by Crippen LogP contribution is -2.37. The molecule has 140 valence electrons. The Kier molecular flexibility index (Phi) is 4.41. The van der Waals surface area contributed by atoms with Crippen LogP contribution in [0.3, 0.4) is 0 Å². The van der Waals surface area contributed by atoms with Crippen LogP contribution < -0.4 is 25.0 Å². The second-order valence-electron chi connectivity index (χ2n) is 5.97. The van der Waals surface area contributed by atoms with E-state index in [1.807, 2.05) is 0 Å². The van der Waals surface area contributed by atoms with Crippen LogP contribution in [-0.4, -0.2) is 38.1 Å². The predicted octanol–water partition coefficient (Wildman–Crippen LogP) is 2.70. The summed E-state index contributed by atoms with van der Waals surface area (Å²) in [6.07, 6.45) is -1.05. The van der Waals surface area contributed by atoms with Crippen LogP contribution in [-0.2, 0) is 4.74 Å². The van der Waals surface area contributed by atoms with Crippen LogP contribution in [0.15, 0.2) is 42.5 Å². The van der Waals surface area contributed by atoms with Gasteiger partial charge in [0.2, 0.25) is 6.79 Å². The molecule has 1 fully saturated rings. The van der Waals surface area contributed by atoms with E-state index < -0.39 is 24.0 Å². The van der Waals surface area contributed by atoms with E-state index >= 15 is 0 Å². The Balaban J connectivity index is 1.33. The van der Waals surface area contributed by atoms with Crippen LogP contribution in [0, 0.1) is 5.82 Å². The maximum absolute atomic E-state index is 13.5. The van der Waals surface area contributed by atoms with Gasteiger partial charge in [0.15, 0.2) is 11.5 Å². The molecule has 1 unspecified atom stereocenters. The van der Waals surface area contributed by atoms with Crippen LogP contribution in [0.5, 0.6) is 11.5 Å². The maximum Gasteiger partial charge on any atom is 0.414 e. The van der Waals surface area contributed by atoms with E-state index in [1.165, 1.54) is 23.1 Å². The molecule has 4 rings (SSSR count). The topological polar surface area (TPSA) is 89.1 Å². The third kappa shape index (κ3) is 3.57. The number of cyclic esters (lactones) is 1. The molecule has 2 aliphatic heterocycles. The van der Waals surface area contributed by atoms with E-state index in [-0.39, 0.29) is 25.6 Å². The zero-order valence-electron chi connectivity index (χ0n) is 14.1. The van der Waals surface area contributed by atoms with Crippen molar-refractivity contribution in [1.29, 1.82) is 0 Å². The molecule has 0 aromatic heterocycles. The molecule has 1 atom stereocenters. The van der Waals surface area contributed by atoms with Crippen molar-refractivity contribution in [3.8, 4) is 11.5 Å². The first-order valence-corrected chi connectivity index (χ1v) is 8.27. The van der Waals surface area contributed by atoms with Gasteiger partial charge in [-0.3, -0.25) is 4.90 Å². The van der Waals surface area contributed by atoms with E-state index in [1.54, 1.807) is 24.3 Å². The third-order valence-corrected chi connectivity index (χ3v) is 4.15. The second kappa shape index (κ2) is 7.02. The summed E-state index contributed by atoms with van der Waals surface area (Å²) in [5.74, 6) is 0.648. The molecule has 1 saturated heterocycles. The van der Waals surface area contributed by atoms with Gasteiger partial charge in [0.25, 0.3) is 0 Å². The highest BCUT2D eigenvalue weighted by Crippen LogP contribution is 2.36. The fourth-order valence-corrected chi connectivity index (χ4v) is 2.83. The number of urea groups is 1. The molecule has 0 aliphatic carbocycles. The van der Waals surface area contributed by atoms with Crippen molar-refractivity contribution in [3.63, 3.8) is 0 Å². The monoisotopic (exact) mass is 373 g/mol. The summed E-state index contributed by atoms with van der Waals surface area (Å²) in [4.78, 5) is 25.5. The molecule has 0 saturated carbocycles. The highest BCUT2D eigenvalue weighted by Gasteiger charge is 2.33. The normalized spacial score (nSPS) is 17.6. The van der Waals surface area contributed by atoms with Gasteiger partial charge in [0, 0.05) is 6.07 Å². The Labute approximate surface area is 153 Å². The molecule has 2 N–H and O–H groups in total. The minimum Gasteiger partial charge on any atom is -0.454 e. The van der Waals surface area contributed by atoms with Gasteiger partial charge in [0.05, 0.1) is 24.5 Å². The lowest BCUT2D eigenvalue weighted by Gasteiger charge is -2.14. The smallest absolute Gasteiger partial charge is 0.414 e. The Morgan fingerprint density at radius 1 is 1.19 bits per heavy atom. The van der Waals surface area contributed by atoms with Crippen LogP contribution in [0.1, 0.15) is 0 Å². The SMILES string of the molecule is O=C(NCC1CN(c2ccc3c(c2)OCO3)C(=O)O1)Nc1ccccc1F. The van der Waals surface area contributed by atoms with Crippen molar-refractivity contribution in [2.75, 3.05) is 30.1 Å². The molecule has 27 heavy (non-hydrogen) atoms. The summed E-state index contributed by atoms with van der Waals surface area (Å²) in [5, 5.41) is 4.98. The number of ether oxygens (including phenoxy) is 3. The van der Waals surface area contributed by atoms with Gasteiger partial charge < -0.3 is 24.8 Å². The zero-order chi connectivity index (χ0) is 18.8. The summed E-state index contributed by atoms with van der Waals surface area (Å²) in [6.45, 7) is 0.498. The van der Waals surface area contributed by atoms with E-state index in [0.717, 1.165) is 0 Å². The number of fused-ring (bicyclic) bond motifs is 1. The lowest BCUT2D eigenvalue weighted by molar-refractivity contribution is 0.141. The molecule has 0 bridgehead atoms. The third-order valence-electron chi connectivity index (χ3n) is 4.15. The number of nitrogens with zero attached hydrogens (tertiary/aromatic N) is 1. The van der Waals surface area contributed by atoms with Crippen molar-refractivity contribution >= 4 is 23.5 Å². The maximum atomic E-state index is 13.5. The highest BCUT2D eigenvalue weighted by atomic mass is 19.1. The Hall–Kier alpha value is -3.49. The standard InChI is InChI=1S/C18H16FN3O5/c19-13-3-1-2-4-14(13)21-17(23)20-8-12-9-22(18(24)27-12)11-5-6-15-16(7-11)26-10-25-15/h1-7,12H,8-10H2,(H2,20,21,23). The first-order chi connectivity index (χ1) is 13.1. The summed E-state index contributed by atoms with van der Waals surface area (Å²) < 4.78 is 29.4. The number of carbonyl (C=O) groups is 2.